The average molecular weight is 531 g/mol. The molecule has 5 rings (SSSR count). The molecule has 0 spiro atoms. The molecule has 1 aliphatic heterocycles. The fourth-order valence-electron chi connectivity index (χ4n) is 4.42. The van der Waals surface area contributed by atoms with Gasteiger partial charge in [0, 0.05) is 22.5 Å². The van der Waals surface area contributed by atoms with Crippen molar-refractivity contribution < 1.29 is 17.9 Å². The monoisotopic (exact) mass is 530 g/mol. The van der Waals surface area contributed by atoms with E-state index >= 15 is 0 Å². The van der Waals surface area contributed by atoms with Crippen LogP contribution in [0.2, 0.25) is 5.02 Å². The highest BCUT2D eigenvalue weighted by Crippen LogP contribution is 2.36. The van der Waals surface area contributed by atoms with Gasteiger partial charge >= 0.3 is 0 Å². The number of thiophene rings is 1. The largest absolute Gasteiger partial charge is 0.491 e. The Morgan fingerprint density at radius 2 is 1.83 bits per heavy atom. The first-order valence-electron chi connectivity index (χ1n) is 11.7. The zero-order chi connectivity index (χ0) is 24.6. The molecule has 2 heterocycles. The van der Waals surface area contributed by atoms with E-state index in [0.717, 1.165) is 36.1 Å². The van der Waals surface area contributed by atoms with E-state index in [0.29, 0.717) is 18.2 Å². The topological polar surface area (TPSA) is 66.9 Å². The van der Waals surface area contributed by atoms with Crippen LogP contribution in [0.1, 0.15) is 34.9 Å². The van der Waals surface area contributed by atoms with Crippen LogP contribution in [0.15, 0.2) is 64.9 Å². The van der Waals surface area contributed by atoms with Gasteiger partial charge in [0.2, 0.25) is 15.9 Å². The number of carbonyl (C=O) groups is 1. The highest BCUT2D eigenvalue weighted by Gasteiger charge is 2.41. The molecule has 1 atom stereocenters. The summed E-state index contributed by atoms with van der Waals surface area (Å²) in [6, 6.07) is 15.6. The molecule has 1 fully saturated rings. The van der Waals surface area contributed by atoms with Crippen molar-refractivity contribution in [3.8, 4) is 5.75 Å². The predicted octanol–water partition coefficient (Wildman–Crippen LogP) is 5.07. The number of hydrogen-bond donors (Lipinski definition) is 0. The summed E-state index contributed by atoms with van der Waals surface area (Å²) < 4.78 is 34.3. The van der Waals surface area contributed by atoms with Gasteiger partial charge in [0.1, 0.15) is 12.4 Å². The number of fused-ring (bicyclic) bond motifs is 1. The van der Waals surface area contributed by atoms with Gasteiger partial charge < -0.3 is 9.64 Å². The number of benzene rings is 2. The van der Waals surface area contributed by atoms with Crippen molar-refractivity contribution in [2.24, 2.45) is 0 Å². The van der Waals surface area contributed by atoms with Crippen LogP contribution in [-0.2, 0) is 21.2 Å². The van der Waals surface area contributed by atoms with Gasteiger partial charge in [-0.25, -0.2) is 8.42 Å². The van der Waals surface area contributed by atoms with Crippen LogP contribution >= 0.6 is 22.9 Å². The lowest BCUT2D eigenvalue weighted by Gasteiger charge is -2.37. The number of amides is 1. The molecule has 6 nitrogen and oxygen atoms in total. The maximum absolute atomic E-state index is 13.6. The first-order valence-corrected chi connectivity index (χ1v) is 14.4. The van der Waals surface area contributed by atoms with Crippen molar-refractivity contribution in [2.45, 2.75) is 43.2 Å². The van der Waals surface area contributed by atoms with Crippen molar-refractivity contribution in [1.82, 2.24) is 9.21 Å². The molecular weight excluding hydrogens is 504 g/mol. The third-order valence-electron chi connectivity index (χ3n) is 6.51. The van der Waals surface area contributed by atoms with Crippen LogP contribution < -0.4 is 4.74 Å². The SMILES string of the molecule is Cc1ccc(OC[C@@H]2c3ccsc3CCN2C(=O)CN(C2CC2)S(=O)(=O)c2ccc(Cl)cc2)cc1. The Kier molecular flexibility index (Phi) is 6.90. The Balaban J connectivity index is 1.37. The fourth-order valence-corrected chi connectivity index (χ4v) is 7.11. The maximum atomic E-state index is 13.6. The minimum Gasteiger partial charge on any atom is -0.491 e. The van der Waals surface area contributed by atoms with Crippen LogP contribution in [0.5, 0.6) is 5.75 Å². The van der Waals surface area contributed by atoms with E-state index in [9.17, 15) is 13.2 Å². The first-order chi connectivity index (χ1) is 16.8. The number of ether oxygens (including phenoxy) is 1. The molecule has 35 heavy (non-hydrogen) atoms. The van der Waals surface area contributed by atoms with Crippen molar-refractivity contribution in [3.63, 3.8) is 0 Å². The summed E-state index contributed by atoms with van der Waals surface area (Å²) in [5, 5.41) is 2.51. The molecule has 2 aliphatic rings. The minimum absolute atomic E-state index is 0.150. The zero-order valence-electron chi connectivity index (χ0n) is 19.4. The second kappa shape index (κ2) is 9.93. The Morgan fingerprint density at radius 3 is 2.51 bits per heavy atom. The summed E-state index contributed by atoms with van der Waals surface area (Å²) in [7, 11) is -3.82. The Morgan fingerprint density at radius 1 is 1.11 bits per heavy atom. The van der Waals surface area contributed by atoms with Crippen molar-refractivity contribution in [2.75, 3.05) is 19.7 Å². The quantitative estimate of drug-likeness (QED) is 0.408. The molecule has 184 valence electrons. The number of carbonyl (C=O) groups excluding carboxylic acids is 1. The molecule has 0 saturated heterocycles. The molecule has 0 radical (unpaired) electrons. The highest BCUT2D eigenvalue weighted by atomic mass is 35.5. The van der Waals surface area contributed by atoms with Gasteiger partial charge in [0.25, 0.3) is 0 Å². The summed E-state index contributed by atoms with van der Waals surface area (Å²) in [6.07, 6.45) is 2.27. The third kappa shape index (κ3) is 5.26. The number of rotatable bonds is 8. The van der Waals surface area contributed by atoms with Crippen LogP contribution in [0.3, 0.4) is 0 Å². The van der Waals surface area contributed by atoms with Gasteiger partial charge in [-0.3, -0.25) is 4.79 Å². The van der Waals surface area contributed by atoms with E-state index in [4.69, 9.17) is 16.3 Å². The number of nitrogens with zero attached hydrogens (tertiary/aromatic N) is 2. The second-order valence-corrected chi connectivity index (χ2v) is 12.3. The van der Waals surface area contributed by atoms with E-state index in [2.05, 4.69) is 0 Å². The number of hydrogen-bond acceptors (Lipinski definition) is 5. The number of sulfonamides is 1. The van der Waals surface area contributed by atoms with Crippen LogP contribution in [0.4, 0.5) is 0 Å². The molecular formula is C26H27ClN2O4S2. The first kappa shape index (κ1) is 24.3. The summed E-state index contributed by atoms with van der Waals surface area (Å²) >= 11 is 7.64. The summed E-state index contributed by atoms with van der Waals surface area (Å²) in [5.74, 6) is 0.541. The number of aryl methyl sites for hydroxylation is 1. The van der Waals surface area contributed by atoms with E-state index in [1.807, 2.05) is 42.6 Å². The predicted molar refractivity (Wildman–Crippen MR) is 138 cm³/mol. The number of halogens is 1. The minimum atomic E-state index is -3.82. The molecule has 3 aromatic rings. The molecule has 1 amide bonds. The third-order valence-corrected chi connectivity index (χ3v) is 9.67. The lowest BCUT2D eigenvalue weighted by molar-refractivity contribution is -0.135. The van der Waals surface area contributed by atoms with E-state index in [-0.39, 0.29) is 29.4 Å². The molecule has 1 saturated carbocycles. The van der Waals surface area contributed by atoms with Crippen LogP contribution in [0.25, 0.3) is 0 Å². The normalized spacial score (nSPS) is 17.9. The maximum Gasteiger partial charge on any atom is 0.243 e. The van der Waals surface area contributed by atoms with Gasteiger partial charge in [-0.15, -0.1) is 11.3 Å². The molecule has 1 aliphatic carbocycles. The van der Waals surface area contributed by atoms with Gasteiger partial charge in [0.05, 0.1) is 17.5 Å². The van der Waals surface area contributed by atoms with Gasteiger partial charge in [0.15, 0.2) is 0 Å². The zero-order valence-corrected chi connectivity index (χ0v) is 21.8. The standard InChI is InChI=1S/C26H27ClN2O4S2/c1-18-2-8-21(9-3-18)33-17-24-23-13-15-34-25(23)12-14-28(24)26(30)16-29(20-6-7-20)35(31,32)22-10-4-19(27)5-11-22/h2-5,8-11,13,15,20,24H,6-7,12,14,16-17H2,1H3/t24-/m1/s1. The molecule has 0 unspecified atom stereocenters. The molecule has 2 aromatic carbocycles. The van der Waals surface area contributed by atoms with Gasteiger partial charge in [-0.1, -0.05) is 29.3 Å². The highest BCUT2D eigenvalue weighted by molar-refractivity contribution is 7.89. The smallest absolute Gasteiger partial charge is 0.243 e. The lowest BCUT2D eigenvalue weighted by Crippen LogP contribution is -2.48. The molecule has 0 bridgehead atoms. The van der Waals surface area contributed by atoms with Gasteiger partial charge in [-0.05, 0) is 79.6 Å². The second-order valence-electron chi connectivity index (χ2n) is 9.01. The van der Waals surface area contributed by atoms with Crippen LogP contribution in [0, 0.1) is 6.92 Å². The van der Waals surface area contributed by atoms with Crippen molar-refractivity contribution in [1.29, 1.82) is 0 Å². The Labute approximate surface area is 215 Å². The van der Waals surface area contributed by atoms with Gasteiger partial charge in [-0.2, -0.15) is 4.31 Å². The Hall–Kier alpha value is -2.39. The van der Waals surface area contributed by atoms with E-state index in [1.165, 1.54) is 21.3 Å². The lowest BCUT2D eigenvalue weighted by atomic mass is 10.0. The summed E-state index contributed by atoms with van der Waals surface area (Å²) in [6.45, 7) is 2.68. The molecule has 0 N–H and O–H groups in total. The fraction of sp³-hybridized carbons (Fsp3) is 0.346. The molecule has 9 heteroatoms. The molecule has 1 aromatic heterocycles. The van der Waals surface area contributed by atoms with Crippen LogP contribution in [-0.4, -0.2) is 49.3 Å². The van der Waals surface area contributed by atoms with E-state index < -0.39 is 10.0 Å². The summed E-state index contributed by atoms with van der Waals surface area (Å²) in [4.78, 5) is 16.8. The average Bonchev–Trinajstić information content (AvgIpc) is 3.57. The van der Waals surface area contributed by atoms with Crippen molar-refractivity contribution >= 4 is 38.9 Å². The van der Waals surface area contributed by atoms with Crippen molar-refractivity contribution in [3.05, 3.63) is 81.0 Å². The van der Waals surface area contributed by atoms with E-state index in [1.54, 1.807) is 28.4 Å². The summed E-state index contributed by atoms with van der Waals surface area (Å²) in [5.41, 5.74) is 2.23. The Bertz CT molecular complexity index is 1300.